The third-order valence-electron chi connectivity index (χ3n) is 9.78. The minimum Gasteiger partial charge on any atom is -0.463 e. The number of nitrogens with one attached hydrogen (secondary N) is 1. The SMILES string of the molecule is Cc1cc2[nH]ncc2c(-c2ncc3c(N4CCC[C@]5(CCO5)C4)nc(OCC4(CN(C)C)CC4)nc3c2F)c1C1CC1. The number of anilines is 1. The molecular formula is C32H38FN7O2. The van der Waals surface area contributed by atoms with Crippen LogP contribution in [0, 0.1) is 18.2 Å². The number of H-pyrrole nitrogens is 1. The molecule has 3 aromatic heterocycles. The van der Waals surface area contributed by atoms with Crippen LogP contribution >= 0.6 is 0 Å². The monoisotopic (exact) mass is 571 g/mol. The van der Waals surface area contributed by atoms with Crippen LogP contribution in [0.4, 0.5) is 10.2 Å². The number of aromatic amines is 1. The summed E-state index contributed by atoms with van der Waals surface area (Å²) < 4.78 is 29.3. The van der Waals surface area contributed by atoms with Crippen molar-refractivity contribution in [3.63, 3.8) is 0 Å². The van der Waals surface area contributed by atoms with Gasteiger partial charge >= 0.3 is 6.01 Å². The van der Waals surface area contributed by atoms with E-state index in [9.17, 15) is 0 Å². The molecule has 1 N–H and O–H groups in total. The molecule has 0 bridgehead atoms. The van der Waals surface area contributed by atoms with Crippen molar-refractivity contribution in [2.24, 2.45) is 5.41 Å². The van der Waals surface area contributed by atoms with Gasteiger partial charge in [-0.25, -0.2) is 4.39 Å². The summed E-state index contributed by atoms with van der Waals surface area (Å²) in [5.74, 6) is 0.659. The first-order valence-corrected chi connectivity index (χ1v) is 15.3. The second-order valence-electron chi connectivity index (χ2n) is 13.4. The molecule has 1 aromatic carbocycles. The Kier molecular flexibility index (Phi) is 5.99. The number of halogens is 1. The number of hydrogen-bond donors (Lipinski definition) is 1. The van der Waals surface area contributed by atoms with Crippen molar-refractivity contribution >= 4 is 27.6 Å². The summed E-state index contributed by atoms with van der Waals surface area (Å²) in [4.78, 5) is 18.9. The van der Waals surface area contributed by atoms with E-state index in [1.807, 2.05) is 0 Å². The molecule has 2 aliphatic heterocycles. The molecule has 4 aromatic rings. The fraction of sp³-hybridized carbons (Fsp3) is 0.562. The first kappa shape index (κ1) is 26.3. The lowest BCUT2D eigenvalue weighted by Gasteiger charge is -2.48. The number of rotatable bonds is 8. The molecule has 8 rings (SSSR count). The van der Waals surface area contributed by atoms with E-state index < -0.39 is 5.82 Å². The van der Waals surface area contributed by atoms with E-state index in [0.717, 1.165) is 93.2 Å². The zero-order valence-electron chi connectivity index (χ0n) is 24.7. The van der Waals surface area contributed by atoms with Gasteiger partial charge in [-0.3, -0.25) is 10.1 Å². The normalized spacial score (nSPS) is 23.2. The highest BCUT2D eigenvalue weighted by molar-refractivity contribution is 5.99. The topological polar surface area (TPSA) is 92.3 Å². The molecule has 4 aliphatic rings. The summed E-state index contributed by atoms with van der Waals surface area (Å²) in [6.45, 7) is 5.90. The molecule has 0 radical (unpaired) electrons. The van der Waals surface area contributed by atoms with Gasteiger partial charge in [0.15, 0.2) is 5.82 Å². The van der Waals surface area contributed by atoms with Crippen molar-refractivity contribution in [3.05, 3.63) is 35.4 Å². The Morgan fingerprint density at radius 2 is 1.98 bits per heavy atom. The third-order valence-corrected chi connectivity index (χ3v) is 9.78. The van der Waals surface area contributed by atoms with E-state index in [4.69, 9.17) is 24.4 Å². The highest BCUT2D eigenvalue weighted by atomic mass is 19.1. The molecule has 1 atom stereocenters. The fourth-order valence-corrected chi connectivity index (χ4v) is 7.30. The van der Waals surface area contributed by atoms with Crippen LogP contribution in [0.25, 0.3) is 33.1 Å². The van der Waals surface area contributed by atoms with Crippen molar-refractivity contribution in [1.82, 2.24) is 30.0 Å². The molecule has 220 valence electrons. The van der Waals surface area contributed by atoms with Crippen molar-refractivity contribution in [2.75, 3.05) is 51.8 Å². The van der Waals surface area contributed by atoms with Crippen LogP contribution < -0.4 is 9.64 Å². The lowest BCUT2D eigenvalue weighted by atomic mass is 9.86. The van der Waals surface area contributed by atoms with E-state index in [1.54, 1.807) is 12.4 Å². The van der Waals surface area contributed by atoms with Crippen molar-refractivity contribution < 1.29 is 13.9 Å². The molecule has 2 saturated carbocycles. The molecule has 4 fully saturated rings. The molecule has 9 nitrogen and oxygen atoms in total. The van der Waals surface area contributed by atoms with Crippen LogP contribution in [-0.4, -0.2) is 82.6 Å². The second-order valence-corrected chi connectivity index (χ2v) is 13.4. The maximum Gasteiger partial charge on any atom is 0.319 e. The minimum absolute atomic E-state index is 0.104. The molecule has 42 heavy (non-hydrogen) atoms. The van der Waals surface area contributed by atoms with Gasteiger partial charge in [0.1, 0.15) is 17.0 Å². The predicted octanol–water partition coefficient (Wildman–Crippen LogP) is 5.37. The Morgan fingerprint density at radius 1 is 1.14 bits per heavy atom. The van der Waals surface area contributed by atoms with Gasteiger partial charge in [-0.1, -0.05) is 0 Å². The highest BCUT2D eigenvalue weighted by Crippen LogP contribution is 2.49. The van der Waals surface area contributed by atoms with Crippen molar-refractivity contribution in [2.45, 2.75) is 63.4 Å². The minimum atomic E-state index is -0.433. The summed E-state index contributed by atoms with van der Waals surface area (Å²) in [7, 11) is 4.17. The Balaban J connectivity index is 1.27. The van der Waals surface area contributed by atoms with E-state index in [1.165, 1.54) is 5.56 Å². The Morgan fingerprint density at radius 3 is 2.69 bits per heavy atom. The molecule has 1 spiro atoms. The van der Waals surface area contributed by atoms with Gasteiger partial charge in [-0.2, -0.15) is 15.1 Å². The van der Waals surface area contributed by atoms with Crippen molar-refractivity contribution in [1.29, 1.82) is 0 Å². The third kappa shape index (κ3) is 4.41. The molecule has 2 aliphatic carbocycles. The van der Waals surface area contributed by atoms with Crippen LogP contribution in [0.3, 0.4) is 0 Å². The number of nitrogens with zero attached hydrogens (tertiary/aromatic N) is 6. The van der Waals surface area contributed by atoms with Gasteiger partial charge in [-0.15, -0.1) is 0 Å². The number of aryl methyl sites for hydroxylation is 1. The quantitative estimate of drug-likeness (QED) is 0.302. The fourth-order valence-electron chi connectivity index (χ4n) is 7.30. The van der Waals surface area contributed by atoms with Crippen LogP contribution in [0.5, 0.6) is 6.01 Å². The average molecular weight is 572 g/mol. The van der Waals surface area contributed by atoms with E-state index >= 15 is 4.39 Å². The summed E-state index contributed by atoms with van der Waals surface area (Å²) in [6.07, 6.45) is 11.0. The summed E-state index contributed by atoms with van der Waals surface area (Å²) >= 11 is 0. The summed E-state index contributed by atoms with van der Waals surface area (Å²) in [5, 5.41) is 8.86. The van der Waals surface area contributed by atoms with Gasteiger partial charge in [0.05, 0.1) is 35.9 Å². The second kappa shape index (κ2) is 9.57. The summed E-state index contributed by atoms with van der Waals surface area (Å²) in [6, 6.07) is 2.34. The first-order chi connectivity index (χ1) is 20.3. The van der Waals surface area contributed by atoms with Gasteiger partial charge in [0, 0.05) is 48.6 Å². The average Bonchev–Trinajstić information content (AvgIpc) is 3.89. The zero-order chi connectivity index (χ0) is 28.6. The Bertz CT molecular complexity index is 1690. The standard InChI is InChI=1S/C32H38FN7O2/c1-19-13-23-21(15-35-38-23)25(24(19)20-5-6-20)28-26(33)27-22(14-34-28)29(40-11-4-7-32(17-40)10-12-42-32)37-30(36-27)41-18-31(8-9-31)16-39(2)3/h13-15,20H,4-12,16-18H2,1-3H3,(H,35,38)/t32-/m0/s1. The molecule has 10 heteroatoms. The van der Waals surface area contributed by atoms with Crippen LogP contribution in [0.2, 0.25) is 0 Å². The number of hydrogen-bond acceptors (Lipinski definition) is 8. The number of fused-ring (bicyclic) bond motifs is 2. The van der Waals surface area contributed by atoms with Crippen LogP contribution in [-0.2, 0) is 4.74 Å². The first-order valence-electron chi connectivity index (χ1n) is 15.3. The Hall–Kier alpha value is -3.37. The van der Waals surface area contributed by atoms with Crippen LogP contribution in [0.15, 0.2) is 18.5 Å². The van der Waals surface area contributed by atoms with Crippen LogP contribution in [0.1, 0.15) is 62.0 Å². The van der Waals surface area contributed by atoms with Gasteiger partial charge in [0.2, 0.25) is 0 Å². The lowest BCUT2D eigenvalue weighted by molar-refractivity contribution is -0.151. The molecular weight excluding hydrogens is 533 g/mol. The number of aromatic nitrogens is 5. The molecule has 0 amide bonds. The summed E-state index contributed by atoms with van der Waals surface area (Å²) in [5.41, 5.74) is 4.55. The molecule has 0 unspecified atom stereocenters. The number of benzene rings is 1. The molecule has 5 heterocycles. The van der Waals surface area contributed by atoms with Gasteiger partial charge in [0.25, 0.3) is 0 Å². The van der Waals surface area contributed by atoms with E-state index in [-0.39, 0.29) is 22.5 Å². The smallest absolute Gasteiger partial charge is 0.319 e. The number of pyridine rings is 1. The number of piperidine rings is 1. The van der Waals surface area contributed by atoms with Gasteiger partial charge < -0.3 is 19.3 Å². The Labute approximate surface area is 244 Å². The lowest BCUT2D eigenvalue weighted by Crippen LogP contribution is -2.56. The molecule has 2 saturated heterocycles. The maximum atomic E-state index is 16.9. The highest BCUT2D eigenvalue weighted by Gasteiger charge is 2.45. The van der Waals surface area contributed by atoms with E-state index in [0.29, 0.717) is 29.4 Å². The number of ether oxygens (including phenoxy) is 2. The predicted molar refractivity (Wildman–Crippen MR) is 160 cm³/mol. The van der Waals surface area contributed by atoms with E-state index in [2.05, 4.69) is 47.1 Å². The largest absolute Gasteiger partial charge is 0.463 e. The van der Waals surface area contributed by atoms with Crippen molar-refractivity contribution in [3.8, 4) is 17.3 Å². The zero-order valence-corrected chi connectivity index (χ0v) is 24.7. The van der Waals surface area contributed by atoms with Gasteiger partial charge in [-0.05, 0) is 82.7 Å². The maximum absolute atomic E-state index is 16.9.